The van der Waals surface area contributed by atoms with E-state index in [1.807, 2.05) is 24.3 Å². The monoisotopic (exact) mass is 285 g/mol. The van der Waals surface area contributed by atoms with Crippen LogP contribution >= 0.6 is 0 Å². The van der Waals surface area contributed by atoms with E-state index in [4.69, 9.17) is 5.11 Å². The highest BCUT2D eigenvalue weighted by atomic mass is 16.4. The number of likely N-dealkylation sites (tertiary alicyclic amines) is 1. The first kappa shape index (κ1) is 13.4. The Balaban J connectivity index is 1.77. The van der Waals surface area contributed by atoms with Gasteiger partial charge in [0.15, 0.2) is 0 Å². The lowest BCUT2D eigenvalue weighted by Crippen LogP contribution is -2.30. The van der Waals surface area contributed by atoms with Crippen molar-refractivity contribution in [3.05, 3.63) is 36.5 Å². The summed E-state index contributed by atoms with van der Waals surface area (Å²) < 4.78 is 0. The molecule has 108 valence electrons. The third-order valence-electron chi connectivity index (χ3n) is 3.74. The number of carboxylic acid groups (broad SMARTS) is 1. The lowest BCUT2D eigenvalue weighted by atomic mass is 10.1. The van der Waals surface area contributed by atoms with Crippen molar-refractivity contribution >= 4 is 28.6 Å². The average molecular weight is 285 g/mol. The summed E-state index contributed by atoms with van der Waals surface area (Å²) >= 11 is 0. The first-order valence-electron chi connectivity index (χ1n) is 6.77. The van der Waals surface area contributed by atoms with Crippen LogP contribution in [0.4, 0.5) is 10.5 Å². The molecule has 1 saturated heterocycles. The number of anilines is 1. The Labute approximate surface area is 121 Å². The van der Waals surface area contributed by atoms with E-state index in [1.54, 1.807) is 12.3 Å². The van der Waals surface area contributed by atoms with Crippen molar-refractivity contribution in [1.82, 2.24) is 9.88 Å². The molecule has 0 spiro atoms. The van der Waals surface area contributed by atoms with Crippen LogP contribution in [0, 0.1) is 5.92 Å². The Bertz CT molecular complexity index is 696. The summed E-state index contributed by atoms with van der Waals surface area (Å²) in [7, 11) is 0. The second kappa shape index (κ2) is 5.40. The summed E-state index contributed by atoms with van der Waals surface area (Å²) in [6.45, 7) is 0.661. The van der Waals surface area contributed by atoms with Crippen LogP contribution in [0.5, 0.6) is 0 Å². The molecule has 2 heterocycles. The maximum absolute atomic E-state index is 12.3. The molecule has 0 saturated carbocycles. The number of rotatable bonds is 2. The number of pyridine rings is 1. The van der Waals surface area contributed by atoms with E-state index in [-0.39, 0.29) is 18.4 Å². The molecule has 1 aromatic carbocycles. The SMILES string of the molecule is O=C(Nc1ccnc2ccccc12)C1CCN(C(=O)O)C1. The van der Waals surface area contributed by atoms with Crippen LogP contribution in [0.15, 0.2) is 36.5 Å². The number of nitrogens with one attached hydrogen (secondary N) is 1. The second-order valence-corrected chi connectivity index (χ2v) is 5.08. The van der Waals surface area contributed by atoms with Gasteiger partial charge >= 0.3 is 6.09 Å². The van der Waals surface area contributed by atoms with Crippen LogP contribution < -0.4 is 5.32 Å². The van der Waals surface area contributed by atoms with Crippen molar-refractivity contribution in [3.8, 4) is 0 Å². The minimum Gasteiger partial charge on any atom is -0.465 e. The third-order valence-corrected chi connectivity index (χ3v) is 3.74. The molecule has 1 fully saturated rings. The van der Waals surface area contributed by atoms with Gasteiger partial charge in [0.1, 0.15) is 0 Å². The fourth-order valence-corrected chi connectivity index (χ4v) is 2.59. The summed E-state index contributed by atoms with van der Waals surface area (Å²) in [4.78, 5) is 28.7. The Morgan fingerprint density at radius 2 is 2.10 bits per heavy atom. The van der Waals surface area contributed by atoms with Gasteiger partial charge in [-0.25, -0.2) is 4.79 Å². The molecule has 2 N–H and O–H groups in total. The van der Waals surface area contributed by atoms with Gasteiger partial charge in [0.05, 0.1) is 17.1 Å². The van der Waals surface area contributed by atoms with Gasteiger partial charge in [-0.1, -0.05) is 18.2 Å². The lowest BCUT2D eigenvalue weighted by molar-refractivity contribution is -0.119. The van der Waals surface area contributed by atoms with Crippen LogP contribution in [-0.2, 0) is 4.79 Å². The highest BCUT2D eigenvalue weighted by Crippen LogP contribution is 2.23. The van der Waals surface area contributed by atoms with Crippen LogP contribution in [0.2, 0.25) is 0 Å². The standard InChI is InChI=1S/C15H15N3O3/c19-14(10-6-8-18(9-10)15(20)21)17-13-5-7-16-12-4-2-1-3-11(12)13/h1-5,7,10H,6,8-9H2,(H,20,21)(H,16,17,19). The van der Waals surface area contributed by atoms with E-state index in [1.165, 1.54) is 4.90 Å². The molecule has 1 atom stereocenters. The van der Waals surface area contributed by atoms with E-state index >= 15 is 0 Å². The quantitative estimate of drug-likeness (QED) is 0.886. The largest absolute Gasteiger partial charge is 0.465 e. The molecule has 2 amide bonds. The molecule has 1 aromatic heterocycles. The number of carbonyl (C=O) groups is 2. The van der Waals surface area contributed by atoms with E-state index in [2.05, 4.69) is 10.3 Å². The summed E-state index contributed by atoms with van der Waals surface area (Å²) in [5.74, 6) is -0.442. The molecule has 0 radical (unpaired) electrons. The third kappa shape index (κ3) is 2.65. The van der Waals surface area contributed by atoms with Crippen molar-refractivity contribution in [2.45, 2.75) is 6.42 Å². The molecular formula is C15H15N3O3. The van der Waals surface area contributed by atoms with Gasteiger partial charge in [-0.15, -0.1) is 0 Å². The predicted octanol–water partition coefficient (Wildman–Crippen LogP) is 2.17. The molecule has 21 heavy (non-hydrogen) atoms. The summed E-state index contributed by atoms with van der Waals surface area (Å²) in [5, 5.41) is 12.7. The molecule has 3 rings (SSSR count). The summed E-state index contributed by atoms with van der Waals surface area (Å²) in [5.41, 5.74) is 1.52. The zero-order valence-electron chi connectivity index (χ0n) is 11.3. The van der Waals surface area contributed by atoms with E-state index in [9.17, 15) is 9.59 Å². The van der Waals surface area contributed by atoms with Gasteiger partial charge in [-0.3, -0.25) is 9.78 Å². The molecule has 0 aliphatic carbocycles. The molecular weight excluding hydrogens is 270 g/mol. The molecule has 6 heteroatoms. The molecule has 6 nitrogen and oxygen atoms in total. The van der Waals surface area contributed by atoms with Gasteiger partial charge in [0, 0.05) is 24.7 Å². The smallest absolute Gasteiger partial charge is 0.407 e. The molecule has 1 aliphatic heterocycles. The van der Waals surface area contributed by atoms with Crippen LogP contribution in [0.25, 0.3) is 10.9 Å². The zero-order valence-corrected chi connectivity index (χ0v) is 11.3. The molecule has 1 unspecified atom stereocenters. The summed E-state index contributed by atoms with van der Waals surface area (Å²) in [6, 6.07) is 9.32. The van der Waals surface area contributed by atoms with Gasteiger partial charge < -0.3 is 15.3 Å². The number of amides is 2. The number of aromatic nitrogens is 1. The average Bonchev–Trinajstić information content (AvgIpc) is 2.98. The second-order valence-electron chi connectivity index (χ2n) is 5.08. The van der Waals surface area contributed by atoms with E-state index < -0.39 is 6.09 Å². The van der Waals surface area contributed by atoms with Crippen LogP contribution in [0.3, 0.4) is 0 Å². The minimum atomic E-state index is -0.973. The number of carbonyl (C=O) groups excluding carboxylic acids is 1. The Morgan fingerprint density at radius 3 is 2.86 bits per heavy atom. The maximum Gasteiger partial charge on any atom is 0.407 e. The molecule has 0 bridgehead atoms. The van der Waals surface area contributed by atoms with E-state index in [0.29, 0.717) is 18.7 Å². The summed E-state index contributed by atoms with van der Waals surface area (Å²) in [6.07, 6.45) is 1.23. The first-order chi connectivity index (χ1) is 10.1. The van der Waals surface area contributed by atoms with Gasteiger partial charge in [0.2, 0.25) is 5.91 Å². The number of hydrogen-bond donors (Lipinski definition) is 2. The van der Waals surface area contributed by atoms with Crippen LogP contribution in [0.1, 0.15) is 6.42 Å². The number of para-hydroxylation sites is 1. The highest BCUT2D eigenvalue weighted by Gasteiger charge is 2.31. The Morgan fingerprint density at radius 1 is 1.29 bits per heavy atom. The maximum atomic E-state index is 12.3. The lowest BCUT2D eigenvalue weighted by Gasteiger charge is -2.13. The number of nitrogens with zero attached hydrogens (tertiary/aromatic N) is 2. The van der Waals surface area contributed by atoms with Crippen LogP contribution in [-0.4, -0.2) is 40.1 Å². The normalized spacial score (nSPS) is 17.9. The first-order valence-corrected chi connectivity index (χ1v) is 6.77. The van der Waals surface area contributed by atoms with Crippen molar-refractivity contribution in [2.24, 2.45) is 5.92 Å². The van der Waals surface area contributed by atoms with Gasteiger partial charge in [0.25, 0.3) is 0 Å². The Hall–Kier alpha value is -2.63. The minimum absolute atomic E-state index is 0.143. The number of benzene rings is 1. The fraction of sp³-hybridized carbons (Fsp3) is 0.267. The predicted molar refractivity (Wildman–Crippen MR) is 78.1 cm³/mol. The van der Waals surface area contributed by atoms with Gasteiger partial charge in [-0.05, 0) is 18.6 Å². The van der Waals surface area contributed by atoms with Crippen molar-refractivity contribution in [1.29, 1.82) is 0 Å². The molecule has 2 aromatic rings. The van der Waals surface area contributed by atoms with Crippen molar-refractivity contribution in [3.63, 3.8) is 0 Å². The van der Waals surface area contributed by atoms with Crippen molar-refractivity contribution < 1.29 is 14.7 Å². The van der Waals surface area contributed by atoms with Gasteiger partial charge in [-0.2, -0.15) is 0 Å². The Kier molecular flexibility index (Phi) is 3.43. The highest BCUT2D eigenvalue weighted by molar-refractivity contribution is 6.01. The zero-order chi connectivity index (χ0) is 14.8. The van der Waals surface area contributed by atoms with Crippen molar-refractivity contribution in [2.75, 3.05) is 18.4 Å². The fourth-order valence-electron chi connectivity index (χ4n) is 2.59. The molecule has 1 aliphatic rings. The number of hydrogen-bond acceptors (Lipinski definition) is 3. The number of fused-ring (bicyclic) bond motifs is 1. The topological polar surface area (TPSA) is 82.5 Å². The van der Waals surface area contributed by atoms with E-state index in [0.717, 1.165) is 10.9 Å².